The Balaban J connectivity index is 1.23. The molecule has 4 nitrogen and oxygen atoms in total. The van der Waals surface area contributed by atoms with Crippen LogP contribution in [0.2, 0.25) is 0 Å². The number of nitrogens with zero attached hydrogens (tertiary/aromatic N) is 3. The van der Waals surface area contributed by atoms with Crippen LogP contribution in [0.15, 0.2) is 168 Å². The minimum absolute atomic E-state index is 0.671. The van der Waals surface area contributed by atoms with Crippen LogP contribution in [0.25, 0.3) is 98.3 Å². The lowest BCUT2D eigenvalue weighted by molar-refractivity contribution is 0.670. The van der Waals surface area contributed by atoms with E-state index < -0.39 is 0 Å². The molecule has 0 fully saturated rings. The number of rotatable bonds is 5. The van der Waals surface area contributed by atoms with Gasteiger partial charge in [0.15, 0.2) is 5.82 Å². The molecule has 5 heteroatoms. The number of thiophene rings is 1. The second kappa shape index (κ2) is 11.6. The Morgan fingerprint density at radius 3 is 2.08 bits per heavy atom. The normalized spacial score (nSPS) is 11.6. The van der Waals surface area contributed by atoms with E-state index in [1.54, 1.807) is 6.20 Å². The summed E-state index contributed by atoms with van der Waals surface area (Å²) in [4.78, 5) is 14.7. The molecule has 0 N–H and O–H groups in total. The molecule has 0 amide bonds. The van der Waals surface area contributed by atoms with E-state index in [-0.39, 0.29) is 0 Å². The molecule has 0 aliphatic heterocycles. The second-order valence-corrected chi connectivity index (χ2v) is 13.5. The predicted octanol–water partition coefficient (Wildman–Crippen LogP) is 12.5. The zero-order chi connectivity index (χ0) is 33.0. The van der Waals surface area contributed by atoms with Crippen molar-refractivity contribution < 1.29 is 4.42 Å². The summed E-state index contributed by atoms with van der Waals surface area (Å²) in [5, 5.41) is 4.62. The fourth-order valence-electron chi connectivity index (χ4n) is 7.09. The molecular weight excluding hydrogens is 631 g/mol. The maximum Gasteiger partial charge on any atom is 0.160 e. The van der Waals surface area contributed by atoms with Gasteiger partial charge in [-0.25, -0.2) is 9.97 Å². The first kappa shape index (κ1) is 28.6. The van der Waals surface area contributed by atoms with Gasteiger partial charge in [0.1, 0.15) is 11.2 Å². The van der Waals surface area contributed by atoms with E-state index in [0.29, 0.717) is 5.82 Å². The van der Waals surface area contributed by atoms with Gasteiger partial charge in [0, 0.05) is 71.2 Å². The summed E-state index contributed by atoms with van der Waals surface area (Å²) >= 11 is 1.83. The van der Waals surface area contributed by atoms with Crippen LogP contribution in [0.3, 0.4) is 0 Å². The van der Waals surface area contributed by atoms with Gasteiger partial charge in [0.2, 0.25) is 0 Å². The lowest BCUT2D eigenvalue weighted by Crippen LogP contribution is -1.96. The number of aromatic nitrogens is 3. The average Bonchev–Trinajstić information content (AvgIpc) is 3.77. The van der Waals surface area contributed by atoms with Crippen LogP contribution in [-0.2, 0) is 0 Å². The summed E-state index contributed by atoms with van der Waals surface area (Å²) in [5.74, 6) is 0.671. The second-order valence-electron chi connectivity index (χ2n) is 12.4. The lowest BCUT2D eigenvalue weighted by Gasteiger charge is -2.13. The molecular formula is C45H27N3OS. The van der Waals surface area contributed by atoms with Crippen LogP contribution < -0.4 is 0 Å². The first-order valence-corrected chi connectivity index (χ1v) is 17.4. The molecule has 50 heavy (non-hydrogen) atoms. The standard InChI is InChI=1S/C45H27N3OS/c1-2-11-28(12-3-1)45-47-37(30-14-8-13-29(25-30)31-15-10-24-46-27-31)26-38(48-45)34-23-22-33(44-43(34)35-16-4-6-19-39(35)49-44)32-18-9-21-41-42(32)36-17-5-7-20-40(36)50-41/h1-27H. The van der Waals surface area contributed by atoms with Crippen molar-refractivity contribution in [2.24, 2.45) is 0 Å². The number of hydrogen-bond acceptors (Lipinski definition) is 5. The number of pyridine rings is 1. The molecule has 234 valence electrons. The van der Waals surface area contributed by atoms with Gasteiger partial charge in [0.25, 0.3) is 0 Å². The zero-order valence-electron chi connectivity index (χ0n) is 26.7. The summed E-state index contributed by atoms with van der Waals surface area (Å²) in [6, 6.07) is 52.8. The molecule has 0 radical (unpaired) electrons. The molecule has 4 heterocycles. The lowest BCUT2D eigenvalue weighted by atomic mass is 9.94. The molecule has 0 aliphatic rings. The molecule has 0 saturated carbocycles. The highest BCUT2D eigenvalue weighted by Gasteiger charge is 2.21. The molecule has 10 aromatic rings. The Bertz CT molecular complexity index is 2870. The van der Waals surface area contributed by atoms with E-state index in [1.807, 2.05) is 53.9 Å². The summed E-state index contributed by atoms with van der Waals surface area (Å²) < 4.78 is 9.33. The van der Waals surface area contributed by atoms with E-state index in [9.17, 15) is 0 Å². The van der Waals surface area contributed by atoms with E-state index in [1.165, 1.54) is 20.2 Å². The minimum atomic E-state index is 0.671. The Kier molecular flexibility index (Phi) is 6.64. The van der Waals surface area contributed by atoms with Crippen molar-refractivity contribution >= 4 is 53.4 Å². The SMILES string of the molecule is c1ccc(-c2nc(-c3cccc(-c4cccnc4)c3)cc(-c3ccc(-c4cccc5sc6ccccc6c45)c4oc5ccccc5c34)n2)cc1. The van der Waals surface area contributed by atoms with Gasteiger partial charge in [-0.3, -0.25) is 4.98 Å². The van der Waals surface area contributed by atoms with Gasteiger partial charge >= 0.3 is 0 Å². The van der Waals surface area contributed by atoms with Gasteiger partial charge < -0.3 is 4.42 Å². The van der Waals surface area contributed by atoms with E-state index >= 15 is 0 Å². The highest BCUT2D eigenvalue weighted by Crippen LogP contribution is 2.46. The Hall–Kier alpha value is -6.43. The molecule has 10 rings (SSSR count). The van der Waals surface area contributed by atoms with Gasteiger partial charge in [-0.15, -0.1) is 11.3 Å². The minimum Gasteiger partial charge on any atom is -0.455 e. The van der Waals surface area contributed by atoms with Crippen molar-refractivity contribution in [3.63, 3.8) is 0 Å². The number of hydrogen-bond donors (Lipinski definition) is 0. The molecule has 0 saturated heterocycles. The van der Waals surface area contributed by atoms with Crippen molar-refractivity contribution in [2.75, 3.05) is 0 Å². The molecule has 0 spiro atoms. The largest absolute Gasteiger partial charge is 0.455 e. The zero-order valence-corrected chi connectivity index (χ0v) is 27.6. The molecule has 0 unspecified atom stereocenters. The highest BCUT2D eigenvalue weighted by molar-refractivity contribution is 7.25. The third-order valence-corrected chi connectivity index (χ3v) is 10.5. The maximum atomic E-state index is 6.79. The maximum absolute atomic E-state index is 6.79. The van der Waals surface area contributed by atoms with Gasteiger partial charge in [0.05, 0.1) is 11.4 Å². The average molecular weight is 658 g/mol. The number of benzene rings is 6. The van der Waals surface area contributed by atoms with E-state index in [0.717, 1.165) is 72.3 Å². The molecule has 0 atom stereocenters. The van der Waals surface area contributed by atoms with Crippen LogP contribution >= 0.6 is 11.3 Å². The summed E-state index contributed by atoms with van der Waals surface area (Å²) in [6.07, 6.45) is 3.69. The van der Waals surface area contributed by atoms with Crippen molar-refractivity contribution in [1.82, 2.24) is 15.0 Å². The van der Waals surface area contributed by atoms with Crippen LogP contribution in [0, 0.1) is 0 Å². The fraction of sp³-hybridized carbons (Fsp3) is 0. The summed E-state index contributed by atoms with van der Waals surface area (Å²) in [7, 11) is 0. The number of furan rings is 1. The van der Waals surface area contributed by atoms with Gasteiger partial charge in [-0.1, -0.05) is 109 Å². The van der Waals surface area contributed by atoms with Crippen molar-refractivity contribution in [2.45, 2.75) is 0 Å². The Morgan fingerprint density at radius 2 is 1.18 bits per heavy atom. The third kappa shape index (κ3) is 4.71. The highest BCUT2D eigenvalue weighted by atomic mass is 32.1. The monoisotopic (exact) mass is 657 g/mol. The quantitative estimate of drug-likeness (QED) is 0.185. The topological polar surface area (TPSA) is 51.8 Å². The number of fused-ring (bicyclic) bond motifs is 6. The van der Waals surface area contributed by atoms with Crippen LogP contribution in [0.1, 0.15) is 0 Å². The molecule has 4 aromatic heterocycles. The molecule has 6 aromatic carbocycles. The van der Waals surface area contributed by atoms with Crippen molar-refractivity contribution in [1.29, 1.82) is 0 Å². The molecule has 0 aliphatic carbocycles. The van der Waals surface area contributed by atoms with Crippen LogP contribution in [0.5, 0.6) is 0 Å². The number of para-hydroxylation sites is 1. The van der Waals surface area contributed by atoms with Crippen LogP contribution in [-0.4, -0.2) is 15.0 Å². The smallest absolute Gasteiger partial charge is 0.160 e. The first-order chi connectivity index (χ1) is 24.8. The Morgan fingerprint density at radius 1 is 0.460 bits per heavy atom. The van der Waals surface area contributed by atoms with Crippen molar-refractivity contribution in [3.05, 3.63) is 164 Å². The summed E-state index contributed by atoms with van der Waals surface area (Å²) in [6.45, 7) is 0. The van der Waals surface area contributed by atoms with Crippen LogP contribution in [0.4, 0.5) is 0 Å². The van der Waals surface area contributed by atoms with E-state index in [4.69, 9.17) is 14.4 Å². The van der Waals surface area contributed by atoms with E-state index in [2.05, 4.69) is 120 Å². The van der Waals surface area contributed by atoms with Gasteiger partial charge in [-0.05, 0) is 53.6 Å². The summed E-state index contributed by atoms with van der Waals surface area (Å²) in [5.41, 5.74) is 10.7. The van der Waals surface area contributed by atoms with Gasteiger partial charge in [-0.2, -0.15) is 0 Å². The predicted molar refractivity (Wildman–Crippen MR) is 207 cm³/mol. The first-order valence-electron chi connectivity index (χ1n) is 16.6. The van der Waals surface area contributed by atoms with Crippen molar-refractivity contribution in [3.8, 4) is 56.2 Å². The third-order valence-electron chi connectivity index (χ3n) is 9.41. The Labute approximate surface area is 292 Å². The molecule has 0 bridgehead atoms. The fourth-order valence-corrected chi connectivity index (χ4v) is 8.23.